The van der Waals surface area contributed by atoms with Gasteiger partial charge in [0.05, 0.1) is 11.0 Å². The minimum Gasteiger partial charge on any atom is -0.254 e. The van der Waals surface area contributed by atoms with E-state index >= 15 is 0 Å². The Hall–Kier alpha value is -3.64. The minimum absolute atomic E-state index is 0.00256. The third kappa shape index (κ3) is 1.52. The Balaban J connectivity index is 2.39. The van der Waals surface area contributed by atoms with Crippen molar-refractivity contribution in [2.75, 3.05) is 0 Å². The predicted molar refractivity (Wildman–Crippen MR) is 79.6 cm³/mol. The Morgan fingerprint density at radius 3 is 1.55 bits per heavy atom. The van der Waals surface area contributed by atoms with E-state index in [2.05, 4.69) is 19.9 Å². The average molecular weight is 282 g/mol. The molecule has 4 rings (SSSR count). The fraction of sp³-hybridized carbons (Fsp3) is 0. The van der Waals surface area contributed by atoms with Crippen molar-refractivity contribution in [2.24, 2.45) is 0 Å². The third-order valence-corrected chi connectivity index (χ3v) is 3.46. The van der Waals surface area contributed by atoms with Crippen molar-refractivity contribution in [3.05, 3.63) is 48.0 Å². The Morgan fingerprint density at radius 2 is 1.14 bits per heavy atom. The van der Waals surface area contributed by atoms with Crippen LogP contribution >= 0.6 is 0 Å². The van der Waals surface area contributed by atoms with Crippen LogP contribution in [0, 0.1) is 22.7 Å². The van der Waals surface area contributed by atoms with Crippen molar-refractivity contribution >= 4 is 32.8 Å². The summed E-state index contributed by atoms with van der Waals surface area (Å²) in [7, 11) is 0. The molecule has 0 aliphatic carbocycles. The number of nitriles is 2. The van der Waals surface area contributed by atoms with Gasteiger partial charge in [-0.3, -0.25) is 9.97 Å². The molecule has 0 saturated carbocycles. The molecule has 6 nitrogen and oxygen atoms in total. The van der Waals surface area contributed by atoms with E-state index in [4.69, 9.17) is 10.5 Å². The van der Waals surface area contributed by atoms with Crippen LogP contribution in [0.15, 0.2) is 36.7 Å². The van der Waals surface area contributed by atoms with Crippen molar-refractivity contribution in [3.63, 3.8) is 0 Å². The van der Waals surface area contributed by atoms with Gasteiger partial charge in [0, 0.05) is 23.2 Å². The standard InChI is InChI=1S/C16H6N6/c17-7-11-12(8-18)22-16-14-10(4-2-6-20-14)9-3-1-5-19-13(9)15(16)21-11/h1-6H. The maximum absolute atomic E-state index is 9.15. The molecule has 0 aliphatic rings. The lowest BCUT2D eigenvalue weighted by Gasteiger charge is -2.07. The normalized spacial score (nSPS) is 10.6. The van der Waals surface area contributed by atoms with E-state index in [1.807, 2.05) is 36.4 Å². The van der Waals surface area contributed by atoms with E-state index in [9.17, 15) is 0 Å². The van der Waals surface area contributed by atoms with E-state index in [0.717, 1.165) is 10.8 Å². The van der Waals surface area contributed by atoms with Crippen molar-refractivity contribution in [1.82, 2.24) is 19.9 Å². The highest BCUT2D eigenvalue weighted by atomic mass is 14.9. The molecule has 0 fully saturated rings. The van der Waals surface area contributed by atoms with Gasteiger partial charge in [-0.1, -0.05) is 12.1 Å². The first-order valence-electron chi connectivity index (χ1n) is 6.47. The monoisotopic (exact) mass is 282 g/mol. The summed E-state index contributed by atoms with van der Waals surface area (Å²) >= 11 is 0. The van der Waals surface area contributed by atoms with Gasteiger partial charge in [0.2, 0.25) is 0 Å². The summed E-state index contributed by atoms with van der Waals surface area (Å²) in [4.78, 5) is 17.3. The van der Waals surface area contributed by atoms with Gasteiger partial charge in [-0.2, -0.15) is 10.5 Å². The number of rotatable bonds is 0. The van der Waals surface area contributed by atoms with Gasteiger partial charge in [-0.25, -0.2) is 9.97 Å². The van der Waals surface area contributed by atoms with Crippen molar-refractivity contribution < 1.29 is 0 Å². The summed E-state index contributed by atoms with van der Waals surface area (Å²) in [6.45, 7) is 0. The van der Waals surface area contributed by atoms with Gasteiger partial charge in [0.25, 0.3) is 0 Å². The zero-order chi connectivity index (χ0) is 15.1. The average Bonchev–Trinajstić information content (AvgIpc) is 2.60. The summed E-state index contributed by atoms with van der Waals surface area (Å²) in [5.74, 6) is 0. The summed E-state index contributed by atoms with van der Waals surface area (Å²) in [5, 5.41) is 20.1. The lowest BCUT2D eigenvalue weighted by atomic mass is 10.1. The first-order chi connectivity index (χ1) is 10.8. The molecule has 0 bridgehead atoms. The van der Waals surface area contributed by atoms with E-state index < -0.39 is 0 Å². The van der Waals surface area contributed by atoms with Crippen molar-refractivity contribution in [1.29, 1.82) is 10.5 Å². The van der Waals surface area contributed by atoms with E-state index in [1.54, 1.807) is 12.4 Å². The molecule has 4 aromatic rings. The zero-order valence-electron chi connectivity index (χ0n) is 11.1. The van der Waals surface area contributed by atoms with Crippen LogP contribution in [-0.4, -0.2) is 19.9 Å². The number of fused-ring (bicyclic) bond motifs is 6. The topological polar surface area (TPSA) is 99.1 Å². The maximum atomic E-state index is 9.15. The number of aromatic nitrogens is 4. The molecule has 1 aromatic carbocycles. The minimum atomic E-state index is -0.00256. The molecule has 100 valence electrons. The first-order valence-corrected chi connectivity index (χ1v) is 6.47. The molecule has 22 heavy (non-hydrogen) atoms. The van der Waals surface area contributed by atoms with E-state index in [-0.39, 0.29) is 11.4 Å². The van der Waals surface area contributed by atoms with Crippen LogP contribution in [0.2, 0.25) is 0 Å². The van der Waals surface area contributed by atoms with Gasteiger partial charge in [-0.05, 0) is 12.1 Å². The highest BCUT2D eigenvalue weighted by Gasteiger charge is 2.16. The van der Waals surface area contributed by atoms with Gasteiger partial charge in [0.1, 0.15) is 23.2 Å². The zero-order valence-corrected chi connectivity index (χ0v) is 11.1. The highest BCUT2D eigenvalue weighted by molar-refractivity contribution is 6.20. The summed E-state index contributed by atoms with van der Waals surface area (Å²) < 4.78 is 0. The van der Waals surface area contributed by atoms with Crippen molar-refractivity contribution in [3.8, 4) is 12.1 Å². The molecule has 0 radical (unpaired) electrons. The molecule has 3 aromatic heterocycles. The fourth-order valence-corrected chi connectivity index (χ4v) is 2.54. The third-order valence-electron chi connectivity index (χ3n) is 3.46. The van der Waals surface area contributed by atoms with Crippen LogP contribution in [-0.2, 0) is 0 Å². The number of hydrogen-bond acceptors (Lipinski definition) is 6. The van der Waals surface area contributed by atoms with Crippen LogP contribution in [0.5, 0.6) is 0 Å². The lowest BCUT2D eigenvalue weighted by Crippen LogP contribution is -1.98. The fourth-order valence-electron chi connectivity index (χ4n) is 2.54. The summed E-state index contributed by atoms with van der Waals surface area (Å²) in [6.07, 6.45) is 3.33. The number of benzene rings is 1. The molecule has 0 aliphatic heterocycles. The van der Waals surface area contributed by atoms with Crippen LogP contribution in [0.1, 0.15) is 11.4 Å². The second kappa shape index (κ2) is 4.44. The quantitative estimate of drug-likeness (QED) is 0.459. The summed E-state index contributed by atoms with van der Waals surface area (Å²) in [5.41, 5.74) is 2.25. The maximum Gasteiger partial charge on any atom is 0.177 e. The Kier molecular flexibility index (Phi) is 2.45. The van der Waals surface area contributed by atoms with Crippen molar-refractivity contribution in [2.45, 2.75) is 0 Å². The molecule has 6 heteroatoms. The summed E-state index contributed by atoms with van der Waals surface area (Å²) in [6, 6.07) is 11.3. The molecule has 0 amide bonds. The van der Waals surface area contributed by atoms with Crippen LogP contribution < -0.4 is 0 Å². The highest BCUT2D eigenvalue weighted by Crippen LogP contribution is 2.30. The second-order valence-electron chi connectivity index (χ2n) is 4.64. The number of pyridine rings is 2. The first kappa shape index (κ1) is 12.1. The van der Waals surface area contributed by atoms with Gasteiger partial charge in [0.15, 0.2) is 11.4 Å². The molecule has 0 spiro atoms. The molecular formula is C16H6N6. The second-order valence-corrected chi connectivity index (χ2v) is 4.64. The van der Waals surface area contributed by atoms with E-state index in [0.29, 0.717) is 22.1 Å². The predicted octanol–water partition coefficient (Wildman–Crippen LogP) is 2.47. The molecule has 0 N–H and O–H groups in total. The van der Waals surface area contributed by atoms with Gasteiger partial charge >= 0.3 is 0 Å². The largest absolute Gasteiger partial charge is 0.254 e. The van der Waals surface area contributed by atoms with Gasteiger partial charge in [-0.15, -0.1) is 0 Å². The lowest BCUT2D eigenvalue weighted by molar-refractivity contribution is 1.20. The van der Waals surface area contributed by atoms with E-state index in [1.165, 1.54) is 0 Å². The molecule has 3 heterocycles. The molecule has 0 atom stereocenters. The Bertz CT molecular complexity index is 1060. The number of hydrogen-bond donors (Lipinski definition) is 0. The Morgan fingerprint density at radius 1 is 0.682 bits per heavy atom. The molecule has 0 unspecified atom stereocenters. The van der Waals surface area contributed by atoms with Crippen LogP contribution in [0.3, 0.4) is 0 Å². The molecule has 0 saturated heterocycles. The SMILES string of the molecule is N#Cc1nc2c3ncccc3c3cccnc3c2nc1C#N. The Labute approximate surface area is 124 Å². The smallest absolute Gasteiger partial charge is 0.177 e. The van der Waals surface area contributed by atoms with Crippen LogP contribution in [0.25, 0.3) is 32.8 Å². The van der Waals surface area contributed by atoms with Crippen LogP contribution in [0.4, 0.5) is 0 Å². The van der Waals surface area contributed by atoms with Gasteiger partial charge < -0.3 is 0 Å². The number of nitrogens with zero attached hydrogens (tertiary/aromatic N) is 6. The molecular weight excluding hydrogens is 276 g/mol.